The van der Waals surface area contributed by atoms with E-state index in [-0.39, 0.29) is 57.8 Å². The average molecular weight is 290 g/mol. The van der Waals surface area contributed by atoms with Gasteiger partial charge in [-0.05, 0) is 19.3 Å². The van der Waals surface area contributed by atoms with E-state index in [9.17, 15) is 18.1 Å². The molecule has 1 N–H and O–H groups in total. The minimum absolute atomic E-state index is 0. The van der Waals surface area contributed by atoms with Crippen LogP contribution in [-0.4, -0.2) is 29.4 Å². The quantitative estimate of drug-likeness (QED) is 0.337. The van der Waals surface area contributed by atoms with E-state index >= 15 is 0 Å². The Morgan fingerprint density at radius 3 is 2.12 bits per heavy atom. The van der Waals surface area contributed by atoms with E-state index in [1.54, 1.807) is 0 Å². The molecular formula is C11H23KO4S. The van der Waals surface area contributed by atoms with Crippen LogP contribution in [0.15, 0.2) is 0 Å². The van der Waals surface area contributed by atoms with E-state index in [2.05, 4.69) is 6.92 Å². The molecule has 0 saturated heterocycles. The molecule has 0 aromatic carbocycles. The Morgan fingerprint density at radius 2 is 1.71 bits per heavy atom. The second kappa shape index (κ2) is 11.3. The first kappa shape index (κ1) is 20.8. The van der Waals surface area contributed by atoms with Gasteiger partial charge in [0.05, 0.1) is 21.5 Å². The van der Waals surface area contributed by atoms with Gasteiger partial charge in [-0.3, -0.25) is 0 Å². The van der Waals surface area contributed by atoms with E-state index in [4.69, 9.17) is 0 Å². The fourth-order valence-corrected chi connectivity index (χ4v) is 2.74. The monoisotopic (exact) mass is 290 g/mol. The first-order valence-corrected chi connectivity index (χ1v) is 7.51. The second-order valence-electron chi connectivity index (χ2n) is 4.29. The van der Waals surface area contributed by atoms with Crippen molar-refractivity contribution in [2.75, 3.05) is 0 Å². The van der Waals surface area contributed by atoms with Crippen molar-refractivity contribution in [3.8, 4) is 0 Å². The van der Waals surface area contributed by atoms with Crippen LogP contribution in [0.5, 0.6) is 0 Å². The van der Waals surface area contributed by atoms with Crippen molar-refractivity contribution >= 4 is 10.1 Å². The molecule has 2 atom stereocenters. The molecule has 0 radical (unpaired) electrons. The summed E-state index contributed by atoms with van der Waals surface area (Å²) >= 11 is 0. The third-order valence-corrected chi connectivity index (χ3v) is 3.94. The van der Waals surface area contributed by atoms with Gasteiger partial charge in [0.2, 0.25) is 0 Å². The maximum absolute atomic E-state index is 10.9. The van der Waals surface area contributed by atoms with Gasteiger partial charge in [-0.1, -0.05) is 39.5 Å². The molecular weight excluding hydrogens is 267 g/mol. The van der Waals surface area contributed by atoms with E-state index < -0.39 is 21.5 Å². The molecule has 0 aliphatic carbocycles. The summed E-state index contributed by atoms with van der Waals surface area (Å²) in [6.45, 7) is 3.90. The fourth-order valence-electron chi connectivity index (χ4n) is 1.75. The van der Waals surface area contributed by atoms with E-state index in [1.165, 1.54) is 0 Å². The largest absolute Gasteiger partial charge is 1.00 e. The van der Waals surface area contributed by atoms with Gasteiger partial charge in [0.15, 0.2) is 0 Å². The van der Waals surface area contributed by atoms with Crippen molar-refractivity contribution < 1.29 is 69.5 Å². The maximum Gasteiger partial charge on any atom is 1.00 e. The Bertz CT molecular complexity index is 267. The molecule has 0 aromatic heterocycles. The molecule has 6 heteroatoms. The van der Waals surface area contributed by atoms with Gasteiger partial charge in [0, 0.05) is 0 Å². The summed E-state index contributed by atoms with van der Waals surface area (Å²) < 4.78 is 32.8. The van der Waals surface area contributed by atoms with Crippen LogP contribution in [0.1, 0.15) is 58.8 Å². The molecule has 2 unspecified atom stereocenters. The summed E-state index contributed by atoms with van der Waals surface area (Å²) in [6, 6.07) is 0. The first-order valence-electron chi connectivity index (χ1n) is 6.04. The number of unbranched alkanes of at least 4 members (excludes halogenated alkanes) is 2. The fraction of sp³-hybridized carbons (Fsp3) is 1.00. The number of hydrogen-bond donors (Lipinski definition) is 1. The number of aliphatic hydroxyl groups is 1. The summed E-state index contributed by atoms with van der Waals surface area (Å²) in [4.78, 5) is 0. The van der Waals surface area contributed by atoms with E-state index in [0.29, 0.717) is 19.3 Å². The molecule has 0 heterocycles. The molecule has 0 rings (SSSR count). The van der Waals surface area contributed by atoms with Crippen LogP contribution in [0, 0.1) is 0 Å². The summed E-state index contributed by atoms with van der Waals surface area (Å²) in [5.41, 5.74) is 0. The van der Waals surface area contributed by atoms with Crippen molar-refractivity contribution in [3.05, 3.63) is 0 Å². The maximum atomic E-state index is 10.9. The van der Waals surface area contributed by atoms with Gasteiger partial charge in [0.25, 0.3) is 0 Å². The van der Waals surface area contributed by atoms with Gasteiger partial charge in [-0.2, -0.15) is 0 Å². The standard InChI is InChI=1S/C11H24O4S.K/c1-3-5-6-8-10(12)9-11(7-4-2)16(13,14)15;/h10-12H,3-9H2,1-2H3,(H,13,14,15);/q;+1/p-1. The summed E-state index contributed by atoms with van der Waals surface area (Å²) in [6.07, 6.45) is 3.98. The van der Waals surface area contributed by atoms with Gasteiger partial charge >= 0.3 is 51.4 Å². The molecule has 0 saturated carbocycles. The number of rotatable bonds is 9. The molecule has 0 aliphatic rings. The molecule has 98 valence electrons. The smallest absolute Gasteiger partial charge is 0.748 e. The number of aliphatic hydroxyl groups excluding tert-OH is 1. The summed E-state index contributed by atoms with van der Waals surface area (Å²) in [5.74, 6) is 0. The predicted octanol–water partition coefficient (Wildman–Crippen LogP) is -0.964. The Balaban J connectivity index is 0. The van der Waals surface area contributed by atoms with E-state index in [1.807, 2.05) is 6.92 Å². The van der Waals surface area contributed by atoms with E-state index in [0.717, 1.165) is 19.3 Å². The van der Waals surface area contributed by atoms with Crippen LogP contribution < -0.4 is 51.4 Å². The Morgan fingerprint density at radius 1 is 1.12 bits per heavy atom. The van der Waals surface area contributed by atoms with Gasteiger partial charge in [-0.15, -0.1) is 0 Å². The molecule has 0 aliphatic heterocycles. The SMILES string of the molecule is CCCCCC(O)CC(CCC)S(=O)(=O)[O-].[K+]. The van der Waals surface area contributed by atoms with Crippen molar-refractivity contribution in [2.45, 2.75) is 70.1 Å². The topological polar surface area (TPSA) is 77.4 Å². The third kappa shape index (κ3) is 11.1. The molecule has 4 nitrogen and oxygen atoms in total. The van der Waals surface area contributed by atoms with Crippen molar-refractivity contribution in [1.82, 2.24) is 0 Å². The predicted molar refractivity (Wildman–Crippen MR) is 63.2 cm³/mol. The van der Waals surface area contributed by atoms with Crippen LogP contribution in [0.3, 0.4) is 0 Å². The molecule has 17 heavy (non-hydrogen) atoms. The zero-order valence-corrected chi connectivity index (χ0v) is 15.1. The van der Waals surface area contributed by atoms with Crippen LogP contribution in [0.4, 0.5) is 0 Å². The Labute approximate surface area is 148 Å². The minimum atomic E-state index is -4.26. The Hall–Kier alpha value is 1.51. The number of hydrogen-bond acceptors (Lipinski definition) is 4. The van der Waals surface area contributed by atoms with Crippen molar-refractivity contribution in [3.63, 3.8) is 0 Å². The van der Waals surface area contributed by atoms with Crippen molar-refractivity contribution in [1.29, 1.82) is 0 Å². The first-order chi connectivity index (χ1) is 7.41. The van der Waals surface area contributed by atoms with Crippen LogP contribution >= 0.6 is 0 Å². The van der Waals surface area contributed by atoms with Gasteiger partial charge in [0.1, 0.15) is 0 Å². The van der Waals surface area contributed by atoms with Crippen LogP contribution in [-0.2, 0) is 10.1 Å². The summed E-state index contributed by atoms with van der Waals surface area (Å²) in [5, 5.41) is 8.71. The molecule has 0 bridgehead atoms. The normalized spacial score (nSPS) is 15.1. The summed E-state index contributed by atoms with van der Waals surface area (Å²) in [7, 11) is -4.26. The van der Waals surface area contributed by atoms with Crippen molar-refractivity contribution in [2.24, 2.45) is 0 Å². The molecule has 0 spiro atoms. The molecule has 0 fully saturated rings. The average Bonchev–Trinajstić information content (AvgIpc) is 2.16. The molecule has 0 aromatic rings. The second-order valence-corrected chi connectivity index (χ2v) is 5.94. The zero-order valence-electron chi connectivity index (χ0n) is 11.2. The van der Waals surface area contributed by atoms with Crippen LogP contribution in [0.2, 0.25) is 0 Å². The molecule has 0 amide bonds. The van der Waals surface area contributed by atoms with Gasteiger partial charge < -0.3 is 9.66 Å². The van der Waals surface area contributed by atoms with Crippen LogP contribution in [0.25, 0.3) is 0 Å². The Kier molecular flexibility index (Phi) is 13.9. The minimum Gasteiger partial charge on any atom is -0.748 e. The third-order valence-electron chi connectivity index (χ3n) is 2.69. The zero-order chi connectivity index (χ0) is 12.6. The van der Waals surface area contributed by atoms with Gasteiger partial charge in [-0.25, -0.2) is 8.42 Å².